The number of hydrazine groups is 1. The summed E-state index contributed by atoms with van der Waals surface area (Å²) in [6.07, 6.45) is 2.51. The molecule has 1 aliphatic heterocycles. The van der Waals surface area contributed by atoms with E-state index in [1.807, 2.05) is 23.2 Å². The second kappa shape index (κ2) is 10.8. The molecule has 3 heterocycles. The zero-order chi connectivity index (χ0) is 21.5. The summed E-state index contributed by atoms with van der Waals surface area (Å²) < 4.78 is 6.78. The van der Waals surface area contributed by atoms with Crippen LogP contribution in [-0.4, -0.2) is 58.3 Å². The summed E-state index contributed by atoms with van der Waals surface area (Å²) in [4.78, 5) is 28.7. The molecule has 2 aromatic heterocycles. The van der Waals surface area contributed by atoms with E-state index in [-0.39, 0.29) is 11.8 Å². The summed E-state index contributed by atoms with van der Waals surface area (Å²) in [5.74, 6) is -0.209. The molecule has 31 heavy (non-hydrogen) atoms. The molecule has 1 aromatic carbocycles. The number of aromatic nitrogens is 3. The second-order valence-corrected chi connectivity index (χ2v) is 10.1. The zero-order valence-electron chi connectivity index (χ0n) is 16.4. The van der Waals surface area contributed by atoms with Gasteiger partial charge in [0.15, 0.2) is 8.68 Å². The third-order valence-electron chi connectivity index (χ3n) is 4.24. The number of rotatable bonds is 8. The van der Waals surface area contributed by atoms with Crippen LogP contribution < -0.4 is 10.7 Å². The number of carbonyl (C=O) groups is 2. The quantitative estimate of drug-likeness (QED) is 0.511. The molecule has 1 fully saturated rings. The second-order valence-electron chi connectivity index (χ2n) is 6.51. The van der Waals surface area contributed by atoms with Crippen molar-refractivity contribution < 1.29 is 14.3 Å². The molecular formula is C19H20N6O3S3. The number of carbonyl (C=O) groups excluding carboxylic acids is 2. The standard InChI is InChI=1S/C19H20N6O3S3/c26-14(24-25-8-10-28-11-9-25)6-7-15-22-23-19(29-15)31-18-20-12-16(30-18)21-17(27)13-4-2-1-3-5-13/h1-5,12H,6-11H2,(H,21,27)(H,24,26). The molecule has 9 nitrogen and oxygen atoms in total. The predicted octanol–water partition coefficient (Wildman–Crippen LogP) is 2.69. The molecule has 2 amide bonds. The molecule has 0 radical (unpaired) electrons. The summed E-state index contributed by atoms with van der Waals surface area (Å²) in [6, 6.07) is 9.03. The van der Waals surface area contributed by atoms with Gasteiger partial charge in [0.25, 0.3) is 5.91 Å². The lowest BCUT2D eigenvalue weighted by Crippen LogP contribution is -2.48. The third kappa shape index (κ3) is 6.55. The number of ether oxygens (including phenoxy) is 1. The lowest BCUT2D eigenvalue weighted by Gasteiger charge is -2.26. The molecule has 2 N–H and O–H groups in total. The van der Waals surface area contributed by atoms with E-state index in [0.717, 1.165) is 13.7 Å². The van der Waals surface area contributed by atoms with Crippen molar-refractivity contribution in [1.29, 1.82) is 0 Å². The summed E-state index contributed by atoms with van der Waals surface area (Å²) in [5, 5.41) is 14.5. The molecule has 0 spiro atoms. The molecular weight excluding hydrogens is 456 g/mol. The van der Waals surface area contributed by atoms with Gasteiger partial charge in [0.05, 0.1) is 19.4 Å². The molecule has 0 bridgehead atoms. The first-order valence-electron chi connectivity index (χ1n) is 9.60. The van der Waals surface area contributed by atoms with Gasteiger partial charge in [-0.25, -0.2) is 9.99 Å². The summed E-state index contributed by atoms with van der Waals surface area (Å²) in [7, 11) is 0. The number of benzene rings is 1. The number of nitrogens with one attached hydrogen (secondary N) is 2. The molecule has 3 aromatic rings. The van der Waals surface area contributed by atoms with E-state index in [9.17, 15) is 9.59 Å². The van der Waals surface area contributed by atoms with E-state index >= 15 is 0 Å². The van der Waals surface area contributed by atoms with E-state index in [1.165, 1.54) is 34.4 Å². The van der Waals surface area contributed by atoms with Crippen molar-refractivity contribution in [3.63, 3.8) is 0 Å². The number of anilines is 1. The van der Waals surface area contributed by atoms with Gasteiger partial charge in [0.2, 0.25) is 5.91 Å². The van der Waals surface area contributed by atoms with Gasteiger partial charge in [-0.1, -0.05) is 40.9 Å². The number of hydrogen-bond donors (Lipinski definition) is 2. The highest BCUT2D eigenvalue weighted by Crippen LogP contribution is 2.35. The van der Waals surface area contributed by atoms with Crippen LogP contribution in [0.2, 0.25) is 0 Å². The Balaban J connectivity index is 1.24. The zero-order valence-corrected chi connectivity index (χ0v) is 18.9. The Hall–Kier alpha value is -2.38. The molecule has 0 aliphatic carbocycles. The maximum Gasteiger partial charge on any atom is 0.256 e. The fraction of sp³-hybridized carbons (Fsp3) is 0.316. The highest BCUT2D eigenvalue weighted by Gasteiger charge is 2.15. The Morgan fingerprint density at radius 3 is 2.71 bits per heavy atom. The average molecular weight is 477 g/mol. The summed E-state index contributed by atoms with van der Waals surface area (Å²) in [6.45, 7) is 2.66. The number of hydrogen-bond acceptors (Lipinski definition) is 10. The van der Waals surface area contributed by atoms with Crippen LogP contribution in [0.5, 0.6) is 0 Å². The highest BCUT2D eigenvalue weighted by molar-refractivity contribution is 8.02. The third-order valence-corrected chi connectivity index (χ3v) is 7.26. The van der Waals surface area contributed by atoms with Crippen molar-refractivity contribution in [2.75, 3.05) is 31.6 Å². The molecule has 12 heteroatoms. The van der Waals surface area contributed by atoms with E-state index < -0.39 is 0 Å². The Labute approximate surface area is 191 Å². The van der Waals surface area contributed by atoms with Gasteiger partial charge >= 0.3 is 0 Å². The normalized spacial score (nSPS) is 14.3. The first kappa shape index (κ1) is 21.8. The van der Waals surface area contributed by atoms with Gasteiger partial charge in [0, 0.05) is 31.5 Å². The van der Waals surface area contributed by atoms with Crippen molar-refractivity contribution in [3.05, 3.63) is 47.1 Å². The SMILES string of the molecule is O=C(CCc1nnc(Sc2ncc(NC(=O)c3ccccc3)s2)s1)NN1CCOCC1. The Bertz CT molecular complexity index is 1020. The van der Waals surface area contributed by atoms with E-state index in [1.54, 1.807) is 18.3 Å². The van der Waals surface area contributed by atoms with Crippen molar-refractivity contribution in [2.45, 2.75) is 21.5 Å². The average Bonchev–Trinajstić information content (AvgIpc) is 3.43. The lowest BCUT2D eigenvalue weighted by atomic mass is 10.2. The minimum Gasteiger partial charge on any atom is -0.379 e. The number of amides is 2. The number of aryl methyl sites for hydroxylation is 1. The van der Waals surface area contributed by atoms with Crippen LogP contribution in [0.4, 0.5) is 5.00 Å². The lowest BCUT2D eigenvalue weighted by molar-refractivity contribution is -0.127. The Morgan fingerprint density at radius 1 is 1.10 bits per heavy atom. The molecule has 0 unspecified atom stereocenters. The van der Waals surface area contributed by atoms with Crippen molar-refractivity contribution in [3.8, 4) is 0 Å². The van der Waals surface area contributed by atoms with Crippen molar-refractivity contribution >= 4 is 51.3 Å². The molecule has 0 atom stereocenters. The van der Waals surface area contributed by atoms with Crippen LogP contribution in [0.25, 0.3) is 0 Å². The van der Waals surface area contributed by atoms with Crippen molar-refractivity contribution in [1.82, 2.24) is 25.6 Å². The largest absolute Gasteiger partial charge is 0.379 e. The maximum absolute atomic E-state index is 12.2. The van der Waals surface area contributed by atoms with Crippen LogP contribution in [-0.2, 0) is 16.0 Å². The van der Waals surface area contributed by atoms with Gasteiger partial charge in [0.1, 0.15) is 10.0 Å². The van der Waals surface area contributed by atoms with E-state index in [0.29, 0.717) is 49.7 Å². The Kier molecular flexibility index (Phi) is 7.59. The molecule has 1 saturated heterocycles. The minimum atomic E-state index is -0.172. The van der Waals surface area contributed by atoms with Gasteiger partial charge in [-0.15, -0.1) is 10.2 Å². The molecule has 0 saturated carbocycles. The van der Waals surface area contributed by atoms with Gasteiger partial charge in [-0.2, -0.15) is 0 Å². The number of morpholine rings is 1. The molecule has 1 aliphatic rings. The monoisotopic (exact) mass is 476 g/mol. The van der Waals surface area contributed by atoms with Crippen LogP contribution in [0.1, 0.15) is 21.8 Å². The maximum atomic E-state index is 12.2. The van der Waals surface area contributed by atoms with Gasteiger partial charge < -0.3 is 10.1 Å². The van der Waals surface area contributed by atoms with Crippen LogP contribution >= 0.6 is 34.4 Å². The van der Waals surface area contributed by atoms with Crippen LogP contribution in [0.15, 0.2) is 45.2 Å². The fourth-order valence-electron chi connectivity index (χ4n) is 2.72. The number of nitrogens with zero attached hydrogens (tertiary/aromatic N) is 4. The predicted molar refractivity (Wildman–Crippen MR) is 119 cm³/mol. The highest BCUT2D eigenvalue weighted by atomic mass is 32.2. The van der Waals surface area contributed by atoms with Gasteiger partial charge in [-0.05, 0) is 23.9 Å². The smallest absolute Gasteiger partial charge is 0.256 e. The van der Waals surface area contributed by atoms with Crippen LogP contribution in [0.3, 0.4) is 0 Å². The van der Waals surface area contributed by atoms with E-state index in [4.69, 9.17) is 4.74 Å². The first-order chi connectivity index (χ1) is 15.2. The summed E-state index contributed by atoms with van der Waals surface area (Å²) in [5.41, 5.74) is 3.48. The fourth-order valence-corrected chi connectivity index (χ4v) is 5.69. The number of thiazole rings is 1. The Morgan fingerprint density at radius 2 is 1.90 bits per heavy atom. The first-order valence-corrected chi connectivity index (χ1v) is 12.1. The molecule has 162 valence electrons. The molecule has 4 rings (SSSR count). The topological polar surface area (TPSA) is 109 Å². The van der Waals surface area contributed by atoms with Crippen molar-refractivity contribution in [2.24, 2.45) is 0 Å². The van der Waals surface area contributed by atoms with E-state index in [2.05, 4.69) is 25.9 Å². The van der Waals surface area contributed by atoms with Gasteiger partial charge in [-0.3, -0.25) is 15.0 Å². The minimum absolute atomic E-state index is 0.0370. The summed E-state index contributed by atoms with van der Waals surface area (Å²) >= 11 is 4.21. The van der Waals surface area contributed by atoms with Crippen LogP contribution in [0, 0.1) is 0 Å².